The van der Waals surface area contributed by atoms with Crippen LogP contribution in [0.3, 0.4) is 0 Å². The van der Waals surface area contributed by atoms with Crippen molar-refractivity contribution in [3.05, 3.63) is 35.0 Å². The zero-order valence-electron chi connectivity index (χ0n) is 13.4. The van der Waals surface area contributed by atoms with Gasteiger partial charge in [0.2, 0.25) is 0 Å². The molecule has 1 aromatic heterocycles. The van der Waals surface area contributed by atoms with E-state index in [4.69, 9.17) is 0 Å². The molecule has 0 bridgehead atoms. The van der Waals surface area contributed by atoms with E-state index in [0.717, 1.165) is 54.6 Å². The van der Waals surface area contributed by atoms with E-state index in [1.807, 2.05) is 30.1 Å². The average Bonchev–Trinajstić information content (AvgIpc) is 2.87. The molecule has 1 N–H and O–H groups in total. The van der Waals surface area contributed by atoms with Crippen LogP contribution in [0.25, 0.3) is 10.9 Å². The maximum atomic E-state index is 13.0. The lowest BCUT2D eigenvalue weighted by Gasteiger charge is -2.27. The maximum absolute atomic E-state index is 13.0. The van der Waals surface area contributed by atoms with Crippen LogP contribution in [0.4, 0.5) is 0 Å². The summed E-state index contributed by atoms with van der Waals surface area (Å²) in [7, 11) is 2.02. The molecule has 1 aromatic carbocycles. The van der Waals surface area contributed by atoms with Gasteiger partial charge in [-0.25, -0.2) is 0 Å². The lowest BCUT2D eigenvalue weighted by molar-refractivity contribution is -0.118. The van der Waals surface area contributed by atoms with Crippen molar-refractivity contribution in [2.45, 2.75) is 19.3 Å². The Hall–Kier alpha value is -2.14. The number of piperazine rings is 1. The van der Waals surface area contributed by atoms with Crippen molar-refractivity contribution in [1.82, 2.24) is 14.8 Å². The van der Waals surface area contributed by atoms with Crippen molar-refractivity contribution in [3.8, 4) is 0 Å². The molecule has 2 heterocycles. The minimum absolute atomic E-state index is 0.0985. The van der Waals surface area contributed by atoms with Gasteiger partial charge in [0, 0.05) is 57.1 Å². The number of aryl methyl sites for hydroxylation is 1. The van der Waals surface area contributed by atoms with E-state index in [9.17, 15) is 9.59 Å². The third-order valence-electron chi connectivity index (χ3n) is 5.10. The summed E-state index contributed by atoms with van der Waals surface area (Å²) < 4.78 is 2.13. The van der Waals surface area contributed by atoms with Gasteiger partial charge in [0.25, 0.3) is 5.91 Å². The molecule has 0 saturated carbocycles. The van der Waals surface area contributed by atoms with E-state index in [2.05, 4.69) is 9.88 Å². The van der Waals surface area contributed by atoms with Crippen molar-refractivity contribution < 1.29 is 9.59 Å². The predicted octanol–water partition coefficient (Wildman–Crippen LogP) is 1.28. The van der Waals surface area contributed by atoms with Crippen LogP contribution in [0.15, 0.2) is 18.2 Å². The first-order chi connectivity index (χ1) is 11.2. The third-order valence-corrected chi connectivity index (χ3v) is 5.10. The van der Waals surface area contributed by atoms with Gasteiger partial charge in [-0.2, -0.15) is 0 Å². The molecule has 5 heteroatoms. The highest BCUT2D eigenvalue weighted by molar-refractivity contribution is 6.08. The smallest absolute Gasteiger partial charge is 0.256 e. The van der Waals surface area contributed by atoms with Crippen LogP contribution in [0.2, 0.25) is 0 Å². The summed E-state index contributed by atoms with van der Waals surface area (Å²) >= 11 is 0. The number of ketones is 1. The van der Waals surface area contributed by atoms with Gasteiger partial charge in [0.1, 0.15) is 5.78 Å². The SMILES string of the molecule is Cn1c2c(c3cccc(C(=O)N4CCNCC4)c31)CC(=O)CC2. The molecule has 2 aliphatic rings. The van der Waals surface area contributed by atoms with Crippen LogP contribution in [-0.4, -0.2) is 47.3 Å². The number of rotatable bonds is 1. The number of para-hydroxylation sites is 1. The Morgan fingerprint density at radius 2 is 1.96 bits per heavy atom. The Kier molecular flexibility index (Phi) is 3.45. The number of amides is 1. The molecule has 5 nitrogen and oxygen atoms in total. The van der Waals surface area contributed by atoms with Gasteiger partial charge in [-0.15, -0.1) is 0 Å². The molecule has 120 valence electrons. The Morgan fingerprint density at radius 3 is 2.74 bits per heavy atom. The topological polar surface area (TPSA) is 54.3 Å². The van der Waals surface area contributed by atoms with E-state index in [1.165, 1.54) is 5.69 Å². The molecule has 0 unspecified atom stereocenters. The number of nitrogens with one attached hydrogen (secondary N) is 1. The lowest BCUT2D eigenvalue weighted by Crippen LogP contribution is -2.46. The van der Waals surface area contributed by atoms with Gasteiger partial charge in [-0.05, 0) is 18.1 Å². The number of benzene rings is 1. The van der Waals surface area contributed by atoms with Crippen LogP contribution in [0, 0.1) is 0 Å². The Balaban J connectivity index is 1.85. The summed E-state index contributed by atoms with van der Waals surface area (Å²) in [5.41, 5.74) is 4.07. The molecule has 4 rings (SSSR count). The van der Waals surface area contributed by atoms with Crippen LogP contribution in [-0.2, 0) is 24.7 Å². The van der Waals surface area contributed by atoms with Gasteiger partial charge >= 0.3 is 0 Å². The zero-order valence-corrected chi connectivity index (χ0v) is 13.4. The largest absolute Gasteiger partial charge is 0.347 e. The van der Waals surface area contributed by atoms with E-state index < -0.39 is 0 Å². The van der Waals surface area contributed by atoms with Gasteiger partial charge in [0.05, 0.1) is 11.1 Å². The summed E-state index contributed by atoms with van der Waals surface area (Å²) in [5, 5.41) is 4.34. The summed E-state index contributed by atoms with van der Waals surface area (Å²) in [4.78, 5) is 26.7. The molecule has 0 spiro atoms. The highest BCUT2D eigenvalue weighted by Gasteiger charge is 2.27. The Labute approximate surface area is 135 Å². The average molecular weight is 311 g/mol. The van der Waals surface area contributed by atoms with Gasteiger partial charge in [-0.3, -0.25) is 9.59 Å². The Bertz CT molecular complexity index is 800. The lowest BCUT2D eigenvalue weighted by atomic mass is 9.94. The molecule has 1 saturated heterocycles. The molecule has 23 heavy (non-hydrogen) atoms. The molecule has 0 radical (unpaired) electrons. The number of fused-ring (bicyclic) bond motifs is 3. The first kappa shape index (κ1) is 14.5. The summed E-state index contributed by atoms with van der Waals surface area (Å²) in [5.74, 6) is 0.394. The number of hydrogen-bond acceptors (Lipinski definition) is 3. The highest BCUT2D eigenvalue weighted by atomic mass is 16.2. The monoisotopic (exact) mass is 311 g/mol. The fraction of sp³-hybridized carbons (Fsp3) is 0.444. The van der Waals surface area contributed by atoms with Crippen LogP contribution >= 0.6 is 0 Å². The van der Waals surface area contributed by atoms with Crippen molar-refractivity contribution >= 4 is 22.6 Å². The quantitative estimate of drug-likeness (QED) is 0.863. The second kappa shape index (κ2) is 5.49. The molecular formula is C18H21N3O2. The summed E-state index contributed by atoms with van der Waals surface area (Å²) in [6.07, 6.45) is 1.89. The molecule has 2 aromatic rings. The standard InChI is InChI=1S/C18H21N3O2/c1-20-16-6-5-12(22)11-15(16)13-3-2-4-14(17(13)20)18(23)21-9-7-19-8-10-21/h2-4,19H,5-11H2,1H3. The number of hydrogen-bond donors (Lipinski definition) is 1. The van der Waals surface area contributed by atoms with Crippen molar-refractivity contribution in [2.24, 2.45) is 7.05 Å². The minimum Gasteiger partial charge on any atom is -0.347 e. The van der Waals surface area contributed by atoms with Crippen molar-refractivity contribution in [2.75, 3.05) is 26.2 Å². The van der Waals surface area contributed by atoms with E-state index in [0.29, 0.717) is 18.6 Å². The second-order valence-electron chi connectivity index (χ2n) is 6.44. The maximum Gasteiger partial charge on any atom is 0.256 e. The second-order valence-corrected chi connectivity index (χ2v) is 6.44. The fourth-order valence-corrected chi connectivity index (χ4v) is 3.91. The minimum atomic E-state index is 0.0985. The summed E-state index contributed by atoms with van der Waals surface area (Å²) in [6, 6.07) is 5.90. The van der Waals surface area contributed by atoms with E-state index in [-0.39, 0.29) is 5.91 Å². The number of carbonyl (C=O) groups is 2. The number of nitrogens with zero attached hydrogens (tertiary/aromatic N) is 2. The highest BCUT2D eigenvalue weighted by Crippen LogP contribution is 2.32. The van der Waals surface area contributed by atoms with E-state index >= 15 is 0 Å². The molecule has 1 aliphatic heterocycles. The zero-order chi connectivity index (χ0) is 16.0. The third kappa shape index (κ3) is 2.27. The normalized spacial score (nSPS) is 18.3. The number of carbonyl (C=O) groups excluding carboxylic acids is 2. The van der Waals surface area contributed by atoms with Crippen LogP contribution in [0.5, 0.6) is 0 Å². The van der Waals surface area contributed by atoms with Gasteiger partial charge < -0.3 is 14.8 Å². The Morgan fingerprint density at radius 1 is 1.17 bits per heavy atom. The molecule has 1 fully saturated rings. The van der Waals surface area contributed by atoms with Gasteiger partial charge in [0.15, 0.2) is 0 Å². The molecular weight excluding hydrogens is 290 g/mol. The van der Waals surface area contributed by atoms with Gasteiger partial charge in [-0.1, -0.05) is 12.1 Å². The molecule has 1 amide bonds. The van der Waals surface area contributed by atoms with Crippen molar-refractivity contribution in [1.29, 1.82) is 0 Å². The van der Waals surface area contributed by atoms with E-state index in [1.54, 1.807) is 0 Å². The number of aromatic nitrogens is 1. The predicted molar refractivity (Wildman–Crippen MR) is 88.7 cm³/mol. The van der Waals surface area contributed by atoms with Crippen molar-refractivity contribution in [3.63, 3.8) is 0 Å². The van der Waals surface area contributed by atoms with Crippen LogP contribution in [0.1, 0.15) is 28.0 Å². The molecule has 0 atom stereocenters. The summed E-state index contributed by atoms with van der Waals surface area (Å²) in [6.45, 7) is 3.19. The first-order valence-corrected chi connectivity index (χ1v) is 8.27. The van der Waals surface area contributed by atoms with Crippen LogP contribution < -0.4 is 5.32 Å². The fourth-order valence-electron chi connectivity index (χ4n) is 3.91. The first-order valence-electron chi connectivity index (χ1n) is 8.27. The number of Topliss-reactive ketones (excluding diaryl/α,β-unsaturated/α-hetero) is 1. The molecule has 1 aliphatic carbocycles.